The van der Waals surface area contributed by atoms with Crippen molar-refractivity contribution in [2.45, 2.75) is 36.5 Å². The molecule has 5 aromatic carbocycles. The molecule has 2 heteroatoms. The second-order valence-electron chi connectivity index (χ2n) is 11.1. The number of methoxy groups -OCH3 is 2. The molecule has 4 bridgehead atoms. The van der Waals surface area contributed by atoms with Gasteiger partial charge in [0.2, 0.25) is 0 Å². The maximum atomic E-state index is 6.35. The van der Waals surface area contributed by atoms with Gasteiger partial charge in [-0.3, -0.25) is 0 Å². The van der Waals surface area contributed by atoms with Crippen molar-refractivity contribution in [3.8, 4) is 11.5 Å². The second-order valence-corrected chi connectivity index (χ2v) is 11.1. The van der Waals surface area contributed by atoms with E-state index in [1.165, 1.54) is 66.1 Å². The van der Waals surface area contributed by atoms with Crippen molar-refractivity contribution in [2.24, 2.45) is 0 Å². The van der Waals surface area contributed by atoms with Gasteiger partial charge >= 0.3 is 0 Å². The molecule has 4 atom stereocenters. The number of hydrogen-bond acceptors (Lipinski definition) is 2. The quantitative estimate of drug-likeness (QED) is 0.263. The van der Waals surface area contributed by atoms with Gasteiger partial charge in [0.15, 0.2) is 0 Å². The van der Waals surface area contributed by atoms with Gasteiger partial charge in [-0.05, 0) is 56.6 Å². The zero-order valence-corrected chi connectivity index (χ0v) is 20.5. The molecule has 0 heterocycles. The molecule has 0 fully saturated rings. The minimum atomic E-state index is 0.383. The molecule has 36 heavy (non-hydrogen) atoms. The van der Waals surface area contributed by atoms with Crippen LogP contribution in [0.5, 0.6) is 11.5 Å². The third-order valence-corrected chi connectivity index (χ3v) is 9.71. The average Bonchev–Trinajstić information content (AvgIpc) is 3.68. The standard InChI is InChI=1S/C34H26O2/c1-35-33-29-25-15-27(23-13-19-9-5-3-7-17(19)11-21(23)25)31(29)34(36-2)32-28-16-26(30(32)33)22-12-18-8-4-6-10-20(18)14-24(22)28/h3-14,25-28H,15-16H2,1-2H3/t25-,26+,27+,28-. The molecule has 0 spiro atoms. The predicted molar refractivity (Wildman–Crippen MR) is 144 cm³/mol. The van der Waals surface area contributed by atoms with E-state index in [-0.39, 0.29) is 0 Å². The summed E-state index contributed by atoms with van der Waals surface area (Å²) in [6.07, 6.45) is 2.26. The average molecular weight is 467 g/mol. The largest absolute Gasteiger partial charge is 0.496 e. The van der Waals surface area contributed by atoms with E-state index < -0.39 is 0 Å². The van der Waals surface area contributed by atoms with Gasteiger partial charge in [0.05, 0.1) is 14.2 Å². The summed E-state index contributed by atoms with van der Waals surface area (Å²) >= 11 is 0. The molecular weight excluding hydrogens is 440 g/mol. The van der Waals surface area contributed by atoms with Crippen molar-refractivity contribution in [2.75, 3.05) is 14.2 Å². The van der Waals surface area contributed by atoms with Crippen LogP contribution >= 0.6 is 0 Å². The highest BCUT2D eigenvalue weighted by Crippen LogP contribution is 2.69. The van der Waals surface area contributed by atoms with Crippen LogP contribution in [-0.4, -0.2) is 14.2 Å². The first-order chi connectivity index (χ1) is 17.8. The van der Waals surface area contributed by atoms with Gasteiger partial charge in [0, 0.05) is 45.9 Å². The van der Waals surface area contributed by atoms with E-state index in [2.05, 4.69) is 72.8 Å². The molecule has 0 N–H and O–H groups in total. The third-order valence-electron chi connectivity index (χ3n) is 9.71. The maximum absolute atomic E-state index is 6.35. The molecule has 9 rings (SSSR count). The summed E-state index contributed by atoms with van der Waals surface area (Å²) in [5.74, 6) is 3.81. The lowest BCUT2D eigenvalue weighted by atomic mass is 9.76. The molecule has 0 unspecified atom stereocenters. The van der Waals surface area contributed by atoms with E-state index in [9.17, 15) is 0 Å². The number of fused-ring (bicyclic) bond motifs is 18. The molecule has 0 amide bonds. The Hall–Kier alpha value is -3.78. The number of hydrogen-bond donors (Lipinski definition) is 0. The Labute approximate surface area is 210 Å². The monoisotopic (exact) mass is 466 g/mol. The van der Waals surface area contributed by atoms with E-state index >= 15 is 0 Å². The number of ether oxygens (including phenoxy) is 2. The summed E-state index contributed by atoms with van der Waals surface area (Å²) in [4.78, 5) is 0. The van der Waals surface area contributed by atoms with E-state index in [1.807, 2.05) is 14.2 Å². The zero-order chi connectivity index (χ0) is 23.7. The Morgan fingerprint density at radius 3 is 1.00 bits per heavy atom. The van der Waals surface area contributed by atoms with Crippen LogP contribution in [0.3, 0.4) is 0 Å². The summed E-state index contributed by atoms with van der Waals surface area (Å²) in [5.41, 5.74) is 11.5. The SMILES string of the molecule is COc1c2c(c(OC)c3c1[C@H]1C[C@@H]3c3cc4ccccc4cc31)[C@H]1C[C@@H]2c2cc3ccccc3cc21. The second kappa shape index (κ2) is 6.50. The van der Waals surface area contributed by atoms with Crippen LogP contribution in [-0.2, 0) is 0 Å². The highest BCUT2D eigenvalue weighted by atomic mass is 16.5. The molecule has 0 aliphatic heterocycles. The van der Waals surface area contributed by atoms with Gasteiger partial charge < -0.3 is 9.47 Å². The van der Waals surface area contributed by atoms with Gasteiger partial charge in [-0.25, -0.2) is 0 Å². The maximum Gasteiger partial charge on any atom is 0.127 e. The molecule has 0 saturated carbocycles. The fourth-order valence-electron chi connectivity index (χ4n) is 8.43. The summed E-state index contributed by atoms with van der Waals surface area (Å²) in [6, 6.07) is 27.3. The van der Waals surface area contributed by atoms with Crippen LogP contribution in [0, 0.1) is 0 Å². The van der Waals surface area contributed by atoms with Crippen LogP contribution in [0.25, 0.3) is 21.5 Å². The van der Waals surface area contributed by atoms with Crippen molar-refractivity contribution < 1.29 is 9.47 Å². The van der Waals surface area contributed by atoms with E-state index in [1.54, 1.807) is 0 Å². The smallest absolute Gasteiger partial charge is 0.127 e. The molecule has 0 radical (unpaired) electrons. The Morgan fingerprint density at radius 1 is 0.472 bits per heavy atom. The van der Waals surface area contributed by atoms with Crippen LogP contribution in [0.4, 0.5) is 0 Å². The van der Waals surface area contributed by atoms with Crippen LogP contribution in [0.2, 0.25) is 0 Å². The molecule has 174 valence electrons. The van der Waals surface area contributed by atoms with Crippen LogP contribution in [0.15, 0.2) is 72.8 Å². The van der Waals surface area contributed by atoms with Gasteiger partial charge in [-0.1, -0.05) is 72.8 Å². The normalized spacial score (nSPS) is 23.6. The fourth-order valence-corrected chi connectivity index (χ4v) is 8.43. The molecule has 5 aromatic rings. The van der Waals surface area contributed by atoms with Gasteiger partial charge in [-0.2, -0.15) is 0 Å². The van der Waals surface area contributed by atoms with Crippen molar-refractivity contribution >= 4 is 21.5 Å². The number of benzene rings is 5. The Morgan fingerprint density at radius 2 is 0.750 bits per heavy atom. The summed E-state index contributed by atoms with van der Waals surface area (Å²) < 4.78 is 12.7. The van der Waals surface area contributed by atoms with E-state index in [4.69, 9.17) is 9.47 Å². The lowest BCUT2D eigenvalue weighted by Crippen LogP contribution is -2.14. The van der Waals surface area contributed by atoms with Crippen LogP contribution < -0.4 is 9.47 Å². The van der Waals surface area contributed by atoms with Gasteiger partial charge in [-0.15, -0.1) is 0 Å². The Bertz CT molecular complexity index is 1540. The minimum absolute atomic E-state index is 0.383. The van der Waals surface area contributed by atoms with Gasteiger partial charge in [0.25, 0.3) is 0 Å². The van der Waals surface area contributed by atoms with Crippen molar-refractivity contribution in [3.05, 3.63) is 117 Å². The highest BCUT2D eigenvalue weighted by Gasteiger charge is 2.52. The molecule has 4 aliphatic rings. The summed E-state index contributed by atoms with van der Waals surface area (Å²) in [6.45, 7) is 0. The van der Waals surface area contributed by atoms with Crippen molar-refractivity contribution in [1.29, 1.82) is 0 Å². The first-order valence-electron chi connectivity index (χ1n) is 13.1. The fraction of sp³-hybridized carbons (Fsp3) is 0.235. The lowest BCUT2D eigenvalue weighted by molar-refractivity contribution is 0.388. The topological polar surface area (TPSA) is 18.5 Å². The third kappa shape index (κ3) is 2.12. The van der Waals surface area contributed by atoms with E-state index in [0.29, 0.717) is 23.7 Å². The van der Waals surface area contributed by atoms with Crippen molar-refractivity contribution in [3.63, 3.8) is 0 Å². The molecule has 0 aromatic heterocycles. The zero-order valence-electron chi connectivity index (χ0n) is 20.5. The number of rotatable bonds is 2. The molecule has 4 aliphatic carbocycles. The highest BCUT2D eigenvalue weighted by molar-refractivity contribution is 5.89. The van der Waals surface area contributed by atoms with Crippen LogP contribution in [0.1, 0.15) is 81.0 Å². The molecule has 0 saturated heterocycles. The Balaban J connectivity index is 1.32. The minimum Gasteiger partial charge on any atom is -0.496 e. The predicted octanol–water partition coefficient (Wildman–Crippen LogP) is 7.97. The molecular formula is C34H26O2. The Kier molecular flexibility index (Phi) is 3.51. The van der Waals surface area contributed by atoms with Gasteiger partial charge in [0.1, 0.15) is 11.5 Å². The summed E-state index contributed by atoms with van der Waals surface area (Å²) in [5, 5.41) is 5.32. The summed E-state index contributed by atoms with van der Waals surface area (Å²) in [7, 11) is 3.76. The van der Waals surface area contributed by atoms with E-state index in [0.717, 1.165) is 24.3 Å². The first kappa shape index (κ1) is 19.4. The lowest BCUT2D eigenvalue weighted by Gasteiger charge is -2.31. The van der Waals surface area contributed by atoms with Crippen molar-refractivity contribution in [1.82, 2.24) is 0 Å². The first-order valence-corrected chi connectivity index (χ1v) is 13.1. The molecule has 2 nitrogen and oxygen atoms in total.